The second-order valence-electron chi connectivity index (χ2n) is 4.26. The lowest BCUT2D eigenvalue weighted by atomic mass is 10.3. The molecule has 6 nitrogen and oxygen atoms in total. The van der Waals surface area contributed by atoms with Gasteiger partial charge in [0.25, 0.3) is 0 Å². The Morgan fingerprint density at radius 2 is 2.30 bits per heavy atom. The van der Waals surface area contributed by atoms with Crippen LogP contribution in [0.3, 0.4) is 0 Å². The molecule has 0 spiro atoms. The van der Waals surface area contributed by atoms with Crippen molar-refractivity contribution in [2.24, 2.45) is 0 Å². The van der Waals surface area contributed by atoms with E-state index in [1.807, 2.05) is 17.5 Å². The highest BCUT2D eigenvalue weighted by atomic mass is 32.1. The summed E-state index contributed by atoms with van der Waals surface area (Å²) in [5.41, 5.74) is 0.542. The average molecular weight is 294 g/mol. The minimum atomic E-state index is -0.925. The number of oxazole rings is 1. The first kappa shape index (κ1) is 14.3. The average Bonchev–Trinajstić information content (AvgIpc) is 3.05. The molecule has 0 aromatic carbocycles. The van der Waals surface area contributed by atoms with Crippen molar-refractivity contribution in [2.45, 2.75) is 12.8 Å². The molecular formula is C13H14N2O4S. The molecule has 2 aromatic rings. The van der Waals surface area contributed by atoms with E-state index in [4.69, 9.17) is 9.52 Å². The normalized spacial score (nSPS) is 10.4. The highest BCUT2D eigenvalue weighted by Crippen LogP contribution is 2.23. The fourth-order valence-corrected chi connectivity index (χ4v) is 2.23. The van der Waals surface area contributed by atoms with Gasteiger partial charge in [-0.05, 0) is 11.4 Å². The molecular weight excluding hydrogens is 280 g/mol. The molecule has 2 rings (SSSR count). The SMILES string of the molecule is CN(CCC(=O)O)C(=O)Cc1coc(-c2cccs2)n1. The van der Waals surface area contributed by atoms with E-state index in [0.29, 0.717) is 11.6 Å². The molecule has 0 bridgehead atoms. The number of hydrogen-bond acceptors (Lipinski definition) is 5. The van der Waals surface area contributed by atoms with Gasteiger partial charge in [-0.15, -0.1) is 11.3 Å². The third kappa shape index (κ3) is 3.67. The summed E-state index contributed by atoms with van der Waals surface area (Å²) in [6, 6.07) is 3.79. The fraction of sp³-hybridized carbons (Fsp3) is 0.308. The number of nitrogens with zero attached hydrogens (tertiary/aromatic N) is 2. The molecule has 20 heavy (non-hydrogen) atoms. The predicted molar refractivity (Wildman–Crippen MR) is 73.4 cm³/mol. The molecule has 0 saturated carbocycles. The molecule has 106 valence electrons. The summed E-state index contributed by atoms with van der Waals surface area (Å²) in [6.07, 6.45) is 1.49. The van der Waals surface area contributed by atoms with Crippen LogP contribution >= 0.6 is 11.3 Å². The van der Waals surface area contributed by atoms with Crippen molar-refractivity contribution in [1.82, 2.24) is 9.88 Å². The Kier molecular flexibility index (Phi) is 4.52. The van der Waals surface area contributed by atoms with Gasteiger partial charge in [-0.1, -0.05) is 6.07 Å². The maximum atomic E-state index is 11.9. The van der Waals surface area contributed by atoms with Crippen molar-refractivity contribution < 1.29 is 19.1 Å². The number of carbonyl (C=O) groups excluding carboxylic acids is 1. The van der Waals surface area contributed by atoms with Crippen molar-refractivity contribution in [3.05, 3.63) is 29.5 Å². The molecule has 0 atom stereocenters. The first-order chi connectivity index (χ1) is 9.56. The smallest absolute Gasteiger partial charge is 0.305 e. The Balaban J connectivity index is 1.93. The van der Waals surface area contributed by atoms with Gasteiger partial charge in [0, 0.05) is 13.6 Å². The van der Waals surface area contributed by atoms with Crippen LogP contribution in [0.4, 0.5) is 0 Å². The number of likely N-dealkylation sites (N-methyl/N-ethyl adjacent to an activating group) is 1. The number of amides is 1. The molecule has 0 radical (unpaired) electrons. The number of aliphatic carboxylic acids is 1. The van der Waals surface area contributed by atoms with Gasteiger partial charge in [0.1, 0.15) is 6.26 Å². The van der Waals surface area contributed by atoms with Gasteiger partial charge < -0.3 is 14.4 Å². The lowest BCUT2D eigenvalue weighted by Crippen LogP contribution is -2.30. The molecule has 0 aliphatic heterocycles. The number of carboxylic acids is 1. The van der Waals surface area contributed by atoms with Gasteiger partial charge in [0.2, 0.25) is 11.8 Å². The fourth-order valence-electron chi connectivity index (χ4n) is 1.58. The number of carbonyl (C=O) groups is 2. The van der Waals surface area contributed by atoms with Crippen LogP contribution in [-0.4, -0.2) is 40.5 Å². The zero-order valence-corrected chi connectivity index (χ0v) is 11.7. The van der Waals surface area contributed by atoms with Crippen molar-refractivity contribution >= 4 is 23.2 Å². The number of rotatable bonds is 6. The molecule has 0 aliphatic carbocycles. The highest BCUT2D eigenvalue weighted by molar-refractivity contribution is 7.13. The van der Waals surface area contributed by atoms with E-state index >= 15 is 0 Å². The summed E-state index contributed by atoms with van der Waals surface area (Å²) in [5, 5.41) is 10.5. The van der Waals surface area contributed by atoms with Gasteiger partial charge in [-0.3, -0.25) is 9.59 Å². The van der Waals surface area contributed by atoms with Gasteiger partial charge in [-0.25, -0.2) is 4.98 Å². The highest BCUT2D eigenvalue weighted by Gasteiger charge is 2.14. The van der Waals surface area contributed by atoms with E-state index in [0.717, 1.165) is 4.88 Å². The van der Waals surface area contributed by atoms with Crippen LogP contribution in [0.1, 0.15) is 12.1 Å². The first-order valence-electron chi connectivity index (χ1n) is 6.00. The van der Waals surface area contributed by atoms with Crippen molar-refractivity contribution in [3.63, 3.8) is 0 Å². The lowest BCUT2D eigenvalue weighted by molar-refractivity contribution is -0.138. The molecule has 2 heterocycles. The minimum absolute atomic E-state index is 0.0680. The van der Waals surface area contributed by atoms with Crippen LogP contribution in [-0.2, 0) is 16.0 Å². The monoisotopic (exact) mass is 294 g/mol. The van der Waals surface area contributed by atoms with Gasteiger partial charge in [0.15, 0.2) is 0 Å². The van der Waals surface area contributed by atoms with Crippen molar-refractivity contribution in [2.75, 3.05) is 13.6 Å². The van der Waals surface area contributed by atoms with Crippen LogP contribution in [0.2, 0.25) is 0 Å². The van der Waals surface area contributed by atoms with Crippen LogP contribution in [0, 0.1) is 0 Å². The molecule has 0 saturated heterocycles. The predicted octanol–water partition coefficient (Wildman–Crippen LogP) is 1.88. The summed E-state index contributed by atoms with van der Waals surface area (Å²) in [4.78, 5) is 28.9. The van der Waals surface area contributed by atoms with Gasteiger partial charge in [-0.2, -0.15) is 0 Å². The van der Waals surface area contributed by atoms with E-state index in [-0.39, 0.29) is 25.3 Å². The summed E-state index contributed by atoms with van der Waals surface area (Å²) in [5.74, 6) is -0.612. The van der Waals surface area contributed by atoms with Gasteiger partial charge >= 0.3 is 5.97 Å². The minimum Gasteiger partial charge on any atom is -0.481 e. The standard InChI is InChI=1S/C13H14N2O4S/c1-15(5-4-12(17)18)11(16)7-9-8-19-13(14-9)10-3-2-6-20-10/h2-3,6,8H,4-5,7H2,1H3,(H,17,18). The van der Waals surface area contributed by atoms with Gasteiger partial charge in [0.05, 0.1) is 23.4 Å². The van der Waals surface area contributed by atoms with E-state index < -0.39 is 5.97 Å². The second kappa shape index (κ2) is 6.33. The topological polar surface area (TPSA) is 83.6 Å². The van der Waals surface area contributed by atoms with E-state index in [9.17, 15) is 9.59 Å². The largest absolute Gasteiger partial charge is 0.481 e. The molecule has 0 fully saturated rings. The van der Waals surface area contributed by atoms with E-state index in [1.165, 1.54) is 22.5 Å². The summed E-state index contributed by atoms with van der Waals surface area (Å²) < 4.78 is 5.32. The second-order valence-corrected chi connectivity index (χ2v) is 5.20. The maximum absolute atomic E-state index is 11.9. The van der Waals surface area contributed by atoms with Crippen molar-refractivity contribution in [1.29, 1.82) is 0 Å². The number of aromatic nitrogens is 1. The maximum Gasteiger partial charge on any atom is 0.305 e. The summed E-state index contributed by atoms with van der Waals surface area (Å²) in [7, 11) is 1.57. The zero-order chi connectivity index (χ0) is 14.5. The summed E-state index contributed by atoms with van der Waals surface area (Å²) in [6.45, 7) is 0.184. The Hall–Kier alpha value is -2.15. The van der Waals surface area contributed by atoms with Crippen LogP contribution in [0.25, 0.3) is 10.8 Å². The molecule has 0 unspecified atom stereocenters. The molecule has 1 amide bonds. The third-order valence-electron chi connectivity index (χ3n) is 2.70. The lowest BCUT2D eigenvalue weighted by Gasteiger charge is -2.14. The number of thiophene rings is 1. The van der Waals surface area contributed by atoms with E-state index in [2.05, 4.69) is 4.98 Å². The zero-order valence-electron chi connectivity index (χ0n) is 10.9. The Bertz CT molecular complexity index is 591. The van der Waals surface area contributed by atoms with Crippen LogP contribution in [0.15, 0.2) is 28.2 Å². The van der Waals surface area contributed by atoms with E-state index in [1.54, 1.807) is 7.05 Å². The molecule has 0 aliphatic rings. The number of hydrogen-bond donors (Lipinski definition) is 1. The molecule has 2 aromatic heterocycles. The summed E-state index contributed by atoms with van der Waals surface area (Å²) >= 11 is 1.51. The third-order valence-corrected chi connectivity index (χ3v) is 3.56. The van der Waals surface area contributed by atoms with Crippen LogP contribution in [0.5, 0.6) is 0 Å². The first-order valence-corrected chi connectivity index (χ1v) is 6.88. The Morgan fingerprint density at radius 3 is 2.95 bits per heavy atom. The van der Waals surface area contributed by atoms with Crippen LogP contribution < -0.4 is 0 Å². The number of carboxylic acid groups (broad SMARTS) is 1. The quantitative estimate of drug-likeness (QED) is 0.879. The Labute approximate surface area is 119 Å². The Morgan fingerprint density at radius 1 is 1.50 bits per heavy atom. The van der Waals surface area contributed by atoms with Crippen molar-refractivity contribution in [3.8, 4) is 10.8 Å². The molecule has 1 N–H and O–H groups in total. The molecule has 7 heteroatoms.